The van der Waals surface area contributed by atoms with E-state index in [2.05, 4.69) is 0 Å². The molecule has 0 unspecified atom stereocenters. The molecule has 1 N–H and O–H groups in total. The molecule has 0 spiro atoms. The standard InChI is InChI=1S/C2HCl3O2.Zn/c3-2(4,5)1(6)7;/h(H,6,7);. The van der Waals surface area contributed by atoms with Crippen LogP contribution in [0.5, 0.6) is 0 Å². The Balaban J connectivity index is 0. The van der Waals surface area contributed by atoms with Crippen LogP contribution in [0, 0.1) is 0 Å². The van der Waals surface area contributed by atoms with E-state index in [4.69, 9.17) is 39.9 Å². The molecular weight excluding hydrogens is 228 g/mol. The molecule has 6 heteroatoms. The summed E-state index contributed by atoms with van der Waals surface area (Å²) in [5.41, 5.74) is 0. The minimum atomic E-state index is -2.17. The van der Waals surface area contributed by atoms with E-state index >= 15 is 0 Å². The minimum Gasteiger partial charge on any atom is -0.478 e. The van der Waals surface area contributed by atoms with Gasteiger partial charge in [-0.3, -0.25) is 0 Å². The molecule has 0 aromatic carbocycles. The summed E-state index contributed by atoms with van der Waals surface area (Å²) in [4.78, 5) is 9.62. The number of halogens is 3. The third-order valence-corrected chi connectivity index (χ3v) is 0.728. The largest absolute Gasteiger partial charge is 0.478 e. The summed E-state index contributed by atoms with van der Waals surface area (Å²) in [5.74, 6) is -1.46. The van der Waals surface area contributed by atoms with Gasteiger partial charge in [0, 0.05) is 19.5 Å². The molecule has 0 aromatic heterocycles. The predicted octanol–water partition coefficient (Wildman–Crippen LogP) is 1.44. The summed E-state index contributed by atoms with van der Waals surface area (Å²) in [6.45, 7) is 0. The van der Waals surface area contributed by atoms with Crippen LogP contribution in [-0.4, -0.2) is 14.9 Å². The molecular formula is C2HCl3O2Zn. The molecule has 0 aliphatic rings. The van der Waals surface area contributed by atoms with Crippen molar-refractivity contribution >= 4 is 40.8 Å². The molecule has 44 valence electrons. The van der Waals surface area contributed by atoms with Gasteiger partial charge in [0.05, 0.1) is 0 Å². The van der Waals surface area contributed by atoms with E-state index in [9.17, 15) is 4.79 Å². The number of carboxylic acids is 1. The van der Waals surface area contributed by atoms with E-state index in [0.29, 0.717) is 0 Å². The Morgan fingerprint density at radius 1 is 1.38 bits per heavy atom. The average Bonchev–Trinajstić information content (AvgIpc) is 1.31. The smallest absolute Gasteiger partial charge is 0.356 e. The van der Waals surface area contributed by atoms with Crippen LogP contribution >= 0.6 is 34.8 Å². The van der Waals surface area contributed by atoms with Crippen LogP contribution < -0.4 is 0 Å². The molecule has 2 nitrogen and oxygen atoms in total. The van der Waals surface area contributed by atoms with Gasteiger partial charge < -0.3 is 5.11 Å². The molecule has 8 heavy (non-hydrogen) atoms. The maximum absolute atomic E-state index is 9.62. The average molecular weight is 229 g/mol. The summed E-state index contributed by atoms with van der Waals surface area (Å²) in [6.07, 6.45) is 0. The van der Waals surface area contributed by atoms with Crippen LogP contribution in [0.15, 0.2) is 0 Å². The number of carboxylic acid groups (broad SMARTS) is 1. The fourth-order valence-electron chi connectivity index (χ4n) is 0. The maximum atomic E-state index is 9.62. The summed E-state index contributed by atoms with van der Waals surface area (Å²) in [6, 6.07) is 0. The van der Waals surface area contributed by atoms with E-state index in [1.807, 2.05) is 0 Å². The molecule has 0 fully saturated rings. The number of rotatable bonds is 0. The Bertz CT molecular complexity index is 87.8. The third kappa shape index (κ3) is 5.11. The van der Waals surface area contributed by atoms with Gasteiger partial charge in [-0.05, 0) is 0 Å². The van der Waals surface area contributed by atoms with Crippen molar-refractivity contribution in [1.82, 2.24) is 0 Å². The van der Waals surface area contributed by atoms with Crippen LogP contribution in [0.4, 0.5) is 0 Å². The normalized spacial score (nSPS) is 9.88. The molecule has 0 saturated heterocycles. The van der Waals surface area contributed by atoms with Gasteiger partial charge in [0.15, 0.2) is 0 Å². The van der Waals surface area contributed by atoms with Gasteiger partial charge in [0.25, 0.3) is 3.79 Å². The van der Waals surface area contributed by atoms with Gasteiger partial charge in [-0.15, -0.1) is 0 Å². The Morgan fingerprint density at radius 3 is 1.50 bits per heavy atom. The van der Waals surface area contributed by atoms with Crippen molar-refractivity contribution in [2.45, 2.75) is 3.79 Å². The first kappa shape index (κ1) is 11.7. The van der Waals surface area contributed by atoms with Gasteiger partial charge in [0.2, 0.25) is 0 Å². The van der Waals surface area contributed by atoms with Crippen LogP contribution in [0.2, 0.25) is 0 Å². The van der Waals surface area contributed by atoms with Crippen molar-refractivity contribution < 1.29 is 29.4 Å². The number of hydrogen-bond acceptors (Lipinski definition) is 1. The first-order valence-electron chi connectivity index (χ1n) is 1.24. The van der Waals surface area contributed by atoms with Gasteiger partial charge in [-0.1, -0.05) is 34.8 Å². The van der Waals surface area contributed by atoms with Crippen molar-refractivity contribution in [2.24, 2.45) is 0 Å². The van der Waals surface area contributed by atoms with Crippen LogP contribution in [0.3, 0.4) is 0 Å². The second-order valence-electron chi connectivity index (χ2n) is 0.803. The number of carbonyl (C=O) groups is 1. The molecule has 0 atom stereocenters. The Labute approximate surface area is 73.9 Å². The first-order chi connectivity index (χ1) is 2.94. The molecule has 0 heterocycles. The SMILES string of the molecule is O=C(O)C(Cl)(Cl)Cl.[Zn]. The summed E-state index contributed by atoms with van der Waals surface area (Å²) in [5, 5.41) is 7.85. The summed E-state index contributed by atoms with van der Waals surface area (Å²) in [7, 11) is 0. The molecule has 0 aromatic rings. The van der Waals surface area contributed by atoms with E-state index < -0.39 is 9.76 Å². The van der Waals surface area contributed by atoms with Crippen LogP contribution in [0.1, 0.15) is 0 Å². The van der Waals surface area contributed by atoms with E-state index in [-0.39, 0.29) is 19.5 Å². The molecule has 0 rings (SSSR count). The fraction of sp³-hybridized carbons (Fsp3) is 0.500. The number of hydrogen-bond donors (Lipinski definition) is 1. The fourth-order valence-corrected chi connectivity index (χ4v) is 0. The predicted molar refractivity (Wildman–Crippen MR) is 27.9 cm³/mol. The molecule has 0 saturated carbocycles. The second kappa shape index (κ2) is 3.89. The van der Waals surface area contributed by atoms with Gasteiger partial charge >= 0.3 is 5.97 Å². The Morgan fingerprint density at radius 2 is 1.50 bits per heavy atom. The summed E-state index contributed by atoms with van der Waals surface area (Å²) < 4.78 is -2.17. The maximum Gasteiger partial charge on any atom is 0.356 e. The van der Waals surface area contributed by atoms with E-state index in [0.717, 1.165) is 0 Å². The minimum absolute atomic E-state index is 0. The van der Waals surface area contributed by atoms with Crippen molar-refractivity contribution in [3.8, 4) is 0 Å². The third-order valence-electron chi connectivity index (χ3n) is 0.243. The van der Waals surface area contributed by atoms with Crippen molar-refractivity contribution in [2.75, 3.05) is 0 Å². The summed E-state index contributed by atoms with van der Waals surface area (Å²) >= 11 is 14.4. The van der Waals surface area contributed by atoms with E-state index in [1.54, 1.807) is 0 Å². The molecule has 0 amide bonds. The zero-order chi connectivity index (χ0) is 6.08. The second-order valence-corrected chi connectivity index (χ2v) is 3.08. The Hall–Kier alpha value is 0.963. The van der Waals surface area contributed by atoms with Crippen LogP contribution in [0.25, 0.3) is 0 Å². The van der Waals surface area contributed by atoms with Crippen molar-refractivity contribution in [3.05, 3.63) is 0 Å². The molecule has 0 aliphatic heterocycles. The zero-order valence-corrected chi connectivity index (χ0v) is 8.93. The quantitative estimate of drug-likeness (QED) is 0.503. The van der Waals surface area contributed by atoms with Gasteiger partial charge in [-0.2, -0.15) is 0 Å². The van der Waals surface area contributed by atoms with E-state index in [1.165, 1.54) is 0 Å². The van der Waals surface area contributed by atoms with Crippen LogP contribution in [-0.2, 0) is 24.3 Å². The van der Waals surface area contributed by atoms with Gasteiger partial charge in [0.1, 0.15) is 0 Å². The molecule has 0 aliphatic carbocycles. The molecule has 0 bridgehead atoms. The number of aliphatic carboxylic acids is 1. The van der Waals surface area contributed by atoms with Gasteiger partial charge in [-0.25, -0.2) is 4.79 Å². The van der Waals surface area contributed by atoms with Crippen molar-refractivity contribution in [3.63, 3.8) is 0 Å². The monoisotopic (exact) mass is 226 g/mol. The number of alkyl halides is 3. The Kier molecular flexibility index (Phi) is 5.70. The topological polar surface area (TPSA) is 37.3 Å². The first-order valence-corrected chi connectivity index (χ1v) is 2.38. The molecule has 0 radical (unpaired) electrons. The van der Waals surface area contributed by atoms with Crippen molar-refractivity contribution in [1.29, 1.82) is 0 Å². The zero-order valence-electron chi connectivity index (χ0n) is 3.70.